The highest BCUT2D eigenvalue weighted by Crippen LogP contribution is 2.20. The van der Waals surface area contributed by atoms with E-state index in [2.05, 4.69) is 10.6 Å². The van der Waals surface area contributed by atoms with E-state index in [0.717, 1.165) is 0 Å². The second-order valence-electron chi connectivity index (χ2n) is 3.53. The average molecular weight is 216 g/mol. The maximum Gasteiger partial charge on any atom is 0.324 e. The fraction of sp³-hybridized carbons (Fsp3) is 0.778. The largest absolute Gasteiger partial charge is 0.480 e. The number of carboxylic acid groups (broad SMARTS) is 1. The Bertz CT molecular complexity index is 248. The maximum atomic E-state index is 11.1. The van der Waals surface area contributed by atoms with Gasteiger partial charge < -0.3 is 15.2 Å². The molecule has 0 saturated carbocycles. The van der Waals surface area contributed by atoms with E-state index in [4.69, 9.17) is 9.84 Å². The first-order valence-electron chi connectivity index (χ1n) is 4.87. The summed E-state index contributed by atoms with van der Waals surface area (Å²) in [4.78, 5) is 22.1. The van der Waals surface area contributed by atoms with E-state index in [0.29, 0.717) is 26.1 Å². The van der Waals surface area contributed by atoms with Gasteiger partial charge in [0.25, 0.3) is 0 Å². The molecular weight excluding hydrogens is 200 g/mol. The van der Waals surface area contributed by atoms with E-state index in [1.165, 1.54) is 7.05 Å². The van der Waals surface area contributed by atoms with E-state index in [-0.39, 0.29) is 12.5 Å². The molecule has 0 spiro atoms. The number of hydrogen-bond donors (Lipinski definition) is 3. The average Bonchev–Trinajstić information content (AvgIpc) is 2.27. The molecule has 0 atom stereocenters. The molecule has 15 heavy (non-hydrogen) atoms. The van der Waals surface area contributed by atoms with E-state index in [9.17, 15) is 9.59 Å². The molecule has 6 heteroatoms. The van der Waals surface area contributed by atoms with Gasteiger partial charge in [-0.05, 0) is 12.8 Å². The number of rotatable bonds is 4. The van der Waals surface area contributed by atoms with Crippen LogP contribution in [0, 0.1) is 0 Å². The van der Waals surface area contributed by atoms with Crippen molar-refractivity contribution in [1.82, 2.24) is 10.6 Å². The fourth-order valence-electron chi connectivity index (χ4n) is 1.52. The fourth-order valence-corrected chi connectivity index (χ4v) is 1.52. The van der Waals surface area contributed by atoms with Gasteiger partial charge in [0, 0.05) is 20.3 Å². The smallest absolute Gasteiger partial charge is 0.324 e. The van der Waals surface area contributed by atoms with Crippen LogP contribution in [-0.4, -0.2) is 49.3 Å². The number of hydrogen-bond acceptors (Lipinski definition) is 4. The van der Waals surface area contributed by atoms with Crippen LogP contribution in [0.5, 0.6) is 0 Å². The second-order valence-corrected chi connectivity index (χ2v) is 3.53. The molecule has 1 fully saturated rings. The normalized spacial score (nSPS) is 19.5. The molecule has 1 saturated heterocycles. The van der Waals surface area contributed by atoms with E-state index in [1.54, 1.807) is 0 Å². The molecule has 86 valence electrons. The molecule has 3 N–H and O–H groups in total. The summed E-state index contributed by atoms with van der Waals surface area (Å²) in [7, 11) is 1.52. The Kier molecular flexibility index (Phi) is 4.05. The molecule has 0 aliphatic carbocycles. The van der Waals surface area contributed by atoms with Gasteiger partial charge in [-0.2, -0.15) is 0 Å². The SMILES string of the molecule is CNC(=O)CNC1(C(=O)O)CCOCC1. The first kappa shape index (κ1) is 11.9. The highest BCUT2D eigenvalue weighted by molar-refractivity contribution is 5.82. The number of nitrogens with one attached hydrogen (secondary N) is 2. The van der Waals surface area contributed by atoms with Crippen molar-refractivity contribution in [2.75, 3.05) is 26.8 Å². The van der Waals surface area contributed by atoms with Crippen molar-refractivity contribution in [2.45, 2.75) is 18.4 Å². The van der Waals surface area contributed by atoms with Crippen LogP contribution in [0.4, 0.5) is 0 Å². The number of carbonyl (C=O) groups excluding carboxylic acids is 1. The molecule has 6 nitrogen and oxygen atoms in total. The molecule has 0 bridgehead atoms. The highest BCUT2D eigenvalue weighted by atomic mass is 16.5. The number of carboxylic acids is 1. The Hall–Kier alpha value is -1.14. The van der Waals surface area contributed by atoms with Crippen molar-refractivity contribution >= 4 is 11.9 Å². The predicted octanol–water partition coefficient (Wildman–Crippen LogP) is -1.04. The Balaban J connectivity index is 2.57. The third-order valence-electron chi connectivity index (χ3n) is 2.62. The molecular formula is C9H16N2O4. The quantitative estimate of drug-likeness (QED) is 0.558. The van der Waals surface area contributed by atoms with Gasteiger partial charge in [0.1, 0.15) is 5.54 Å². The molecule has 0 aromatic rings. The Morgan fingerprint density at radius 2 is 2.00 bits per heavy atom. The summed E-state index contributed by atoms with van der Waals surface area (Å²) in [6, 6.07) is 0. The summed E-state index contributed by atoms with van der Waals surface area (Å²) in [6.07, 6.45) is 0.776. The summed E-state index contributed by atoms with van der Waals surface area (Å²) in [6.45, 7) is 0.836. The summed E-state index contributed by atoms with van der Waals surface area (Å²) in [5, 5.41) is 14.4. The van der Waals surface area contributed by atoms with Gasteiger partial charge >= 0.3 is 5.97 Å². The lowest BCUT2D eigenvalue weighted by Crippen LogP contribution is -2.57. The molecule has 0 aromatic carbocycles. The zero-order chi connectivity index (χ0) is 11.3. The first-order chi connectivity index (χ1) is 7.10. The van der Waals surface area contributed by atoms with Crippen molar-refractivity contribution in [2.24, 2.45) is 0 Å². The molecule has 1 aliphatic heterocycles. The van der Waals surface area contributed by atoms with Crippen LogP contribution < -0.4 is 10.6 Å². The van der Waals surface area contributed by atoms with Crippen LogP contribution >= 0.6 is 0 Å². The van der Waals surface area contributed by atoms with E-state index in [1.807, 2.05) is 0 Å². The van der Waals surface area contributed by atoms with Crippen molar-refractivity contribution in [1.29, 1.82) is 0 Å². The zero-order valence-electron chi connectivity index (χ0n) is 8.71. The zero-order valence-corrected chi connectivity index (χ0v) is 8.71. The van der Waals surface area contributed by atoms with Gasteiger partial charge in [-0.15, -0.1) is 0 Å². The van der Waals surface area contributed by atoms with Crippen molar-refractivity contribution < 1.29 is 19.4 Å². The van der Waals surface area contributed by atoms with Crippen LogP contribution in [0.1, 0.15) is 12.8 Å². The van der Waals surface area contributed by atoms with Crippen molar-refractivity contribution in [3.63, 3.8) is 0 Å². The van der Waals surface area contributed by atoms with E-state index < -0.39 is 11.5 Å². The summed E-state index contributed by atoms with van der Waals surface area (Å²) in [5.74, 6) is -1.14. The van der Waals surface area contributed by atoms with Gasteiger partial charge in [0.05, 0.1) is 6.54 Å². The molecule has 1 aliphatic rings. The third kappa shape index (κ3) is 2.90. The minimum Gasteiger partial charge on any atom is -0.480 e. The van der Waals surface area contributed by atoms with E-state index >= 15 is 0 Å². The van der Waals surface area contributed by atoms with Crippen molar-refractivity contribution in [3.05, 3.63) is 0 Å². The minimum atomic E-state index is -1.01. The Labute approximate surface area is 88.0 Å². The first-order valence-corrected chi connectivity index (χ1v) is 4.87. The molecule has 1 amide bonds. The number of amides is 1. The Morgan fingerprint density at radius 1 is 1.40 bits per heavy atom. The lowest BCUT2D eigenvalue weighted by atomic mass is 9.90. The topological polar surface area (TPSA) is 87.7 Å². The summed E-state index contributed by atoms with van der Waals surface area (Å²) >= 11 is 0. The van der Waals surface area contributed by atoms with Crippen LogP contribution in [-0.2, 0) is 14.3 Å². The summed E-state index contributed by atoms with van der Waals surface area (Å²) in [5.41, 5.74) is -1.01. The van der Waals surface area contributed by atoms with Crippen LogP contribution in [0.3, 0.4) is 0 Å². The van der Waals surface area contributed by atoms with Crippen LogP contribution in [0.15, 0.2) is 0 Å². The number of carbonyl (C=O) groups is 2. The number of ether oxygens (including phenoxy) is 1. The van der Waals surface area contributed by atoms with Gasteiger partial charge in [-0.3, -0.25) is 14.9 Å². The van der Waals surface area contributed by atoms with Crippen molar-refractivity contribution in [3.8, 4) is 0 Å². The Morgan fingerprint density at radius 3 is 2.47 bits per heavy atom. The third-order valence-corrected chi connectivity index (χ3v) is 2.62. The van der Waals surface area contributed by atoms with Crippen LogP contribution in [0.2, 0.25) is 0 Å². The molecule has 1 rings (SSSR count). The molecule has 0 aromatic heterocycles. The second kappa shape index (κ2) is 5.09. The van der Waals surface area contributed by atoms with Gasteiger partial charge in [0.2, 0.25) is 5.91 Å². The van der Waals surface area contributed by atoms with Gasteiger partial charge in [-0.25, -0.2) is 0 Å². The predicted molar refractivity (Wildman–Crippen MR) is 52.5 cm³/mol. The lowest BCUT2D eigenvalue weighted by Gasteiger charge is -2.33. The molecule has 1 heterocycles. The molecule has 0 radical (unpaired) electrons. The lowest BCUT2D eigenvalue weighted by molar-refractivity contribution is -0.149. The van der Waals surface area contributed by atoms with Gasteiger partial charge in [0.15, 0.2) is 0 Å². The molecule has 0 unspecified atom stereocenters. The minimum absolute atomic E-state index is 0.0167. The monoisotopic (exact) mass is 216 g/mol. The summed E-state index contributed by atoms with van der Waals surface area (Å²) < 4.78 is 5.10. The highest BCUT2D eigenvalue weighted by Gasteiger charge is 2.39. The van der Waals surface area contributed by atoms with Gasteiger partial charge in [-0.1, -0.05) is 0 Å². The number of likely N-dealkylation sites (N-methyl/N-ethyl adjacent to an activating group) is 1. The maximum absolute atomic E-state index is 11.1. The standard InChI is InChI=1S/C9H16N2O4/c1-10-7(12)6-11-9(8(13)14)2-4-15-5-3-9/h11H,2-6H2,1H3,(H,10,12)(H,13,14). The number of aliphatic carboxylic acids is 1. The van der Waals surface area contributed by atoms with Crippen LogP contribution in [0.25, 0.3) is 0 Å².